The van der Waals surface area contributed by atoms with E-state index in [0.717, 1.165) is 12.3 Å². The Labute approximate surface area is 121 Å². The lowest BCUT2D eigenvalue weighted by Gasteiger charge is -2.36. The van der Waals surface area contributed by atoms with E-state index < -0.39 is 15.9 Å². The Balaban J connectivity index is 2.64. The van der Waals surface area contributed by atoms with Gasteiger partial charge in [0.1, 0.15) is 5.37 Å². The molecule has 4 nitrogen and oxygen atoms in total. The van der Waals surface area contributed by atoms with Gasteiger partial charge < -0.3 is 5.11 Å². The van der Waals surface area contributed by atoms with Crippen LogP contribution in [0.3, 0.4) is 0 Å². The average molecular weight is 309 g/mol. The zero-order valence-electron chi connectivity index (χ0n) is 12.4. The van der Waals surface area contributed by atoms with Crippen molar-refractivity contribution < 1.29 is 13.5 Å². The average Bonchev–Trinajstić information content (AvgIpc) is 2.35. The predicted octanol–water partition coefficient (Wildman–Crippen LogP) is 1.59. The maximum Gasteiger partial charge on any atom is 0.166 e. The molecule has 1 saturated heterocycles. The first-order valence-electron chi connectivity index (χ1n) is 6.90. The SMILES string of the molecule is CCS(=O)(=O)C1CSCCN1CCC(O)C(C)(C)C. The molecule has 1 heterocycles. The van der Waals surface area contributed by atoms with Gasteiger partial charge in [0.2, 0.25) is 0 Å². The quantitative estimate of drug-likeness (QED) is 0.836. The lowest BCUT2D eigenvalue weighted by molar-refractivity contribution is 0.0452. The minimum Gasteiger partial charge on any atom is -0.393 e. The molecule has 0 spiro atoms. The van der Waals surface area contributed by atoms with Crippen molar-refractivity contribution in [1.82, 2.24) is 4.90 Å². The molecule has 1 aliphatic heterocycles. The summed E-state index contributed by atoms with van der Waals surface area (Å²) in [6, 6.07) is 0. The van der Waals surface area contributed by atoms with E-state index in [0.29, 0.717) is 18.7 Å². The van der Waals surface area contributed by atoms with Gasteiger partial charge in [0, 0.05) is 30.3 Å². The Morgan fingerprint density at radius 1 is 1.42 bits per heavy atom. The molecule has 0 amide bonds. The summed E-state index contributed by atoms with van der Waals surface area (Å²) < 4.78 is 24.2. The minimum absolute atomic E-state index is 0.149. The lowest BCUT2D eigenvalue weighted by Crippen LogP contribution is -2.49. The van der Waals surface area contributed by atoms with E-state index in [1.165, 1.54) is 0 Å². The Morgan fingerprint density at radius 3 is 2.58 bits per heavy atom. The van der Waals surface area contributed by atoms with Crippen molar-refractivity contribution in [1.29, 1.82) is 0 Å². The number of hydrogen-bond acceptors (Lipinski definition) is 5. The van der Waals surface area contributed by atoms with Gasteiger partial charge in [0.25, 0.3) is 0 Å². The molecule has 1 fully saturated rings. The number of hydrogen-bond donors (Lipinski definition) is 1. The molecule has 2 unspecified atom stereocenters. The minimum atomic E-state index is -3.03. The smallest absolute Gasteiger partial charge is 0.166 e. The van der Waals surface area contributed by atoms with Crippen molar-refractivity contribution in [2.75, 3.05) is 30.3 Å². The van der Waals surface area contributed by atoms with Crippen molar-refractivity contribution >= 4 is 21.6 Å². The summed E-state index contributed by atoms with van der Waals surface area (Å²) in [5.41, 5.74) is -0.149. The third-order valence-corrected chi connectivity index (χ3v) is 7.03. The summed E-state index contributed by atoms with van der Waals surface area (Å²) >= 11 is 1.71. The number of sulfone groups is 1. The van der Waals surface area contributed by atoms with E-state index in [9.17, 15) is 13.5 Å². The summed E-state index contributed by atoms with van der Waals surface area (Å²) in [6.45, 7) is 9.17. The number of rotatable bonds is 5. The van der Waals surface area contributed by atoms with Crippen LogP contribution in [0, 0.1) is 5.41 Å². The van der Waals surface area contributed by atoms with Crippen LogP contribution in [0.1, 0.15) is 34.1 Å². The van der Waals surface area contributed by atoms with Gasteiger partial charge in [-0.15, -0.1) is 0 Å². The molecule has 6 heteroatoms. The van der Waals surface area contributed by atoms with E-state index in [1.54, 1.807) is 18.7 Å². The second-order valence-corrected chi connectivity index (χ2v) is 9.78. The van der Waals surface area contributed by atoms with Crippen LogP contribution in [0.5, 0.6) is 0 Å². The van der Waals surface area contributed by atoms with Crippen LogP contribution in [0.15, 0.2) is 0 Å². The molecule has 0 aliphatic carbocycles. The largest absolute Gasteiger partial charge is 0.393 e. The highest BCUT2D eigenvalue weighted by Crippen LogP contribution is 2.25. The van der Waals surface area contributed by atoms with E-state index >= 15 is 0 Å². The molecule has 1 N–H and O–H groups in total. The molecule has 19 heavy (non-hydrogen) atoms. The van der Waals surface area contributed by atoms with Crippen LogP contribution in [-0.2, 0) is 9.84 Å². The summed E-state index contributed by atoms with van der Waals surface area (Å²) in [6.07, 6.45) is 0.233. The first-order valence-corrected chi connectivity index (χ1v) is 9.77. The topological polar surface area (TPSA) is 57.6 Å². The fraction of sp³-hybridized carbons (Fsp3) is 1.00. The third kappa shape index (κ3) is 4.92. The Bertz CT molecular complexity index is 376. The molecule has 1 rings (SSSR count). The number of nitrogens with zero attached hydrogens (tertiary/aromatic N) is 1. The van der Waals surface area contributed by atoms with Crippen LogP contribution in [-0.4, -0.2) is 60.3 Å². The maximum absolute atomic E-state index is 12.1. The van der Waals surface area contributed by atoms with E-state index in [2.05, 4.69) is 0 Å². The van der Waals surface area contributed by atoms with Gasteiger partial charge >= 0.3 is 0 Å². The molecule has 2 atom stereocenters. The molecule has 0 aromatic rings. The predicted molar refractivity (Wildman–Crippen MR) is 82.2 cm³/mol. The molecule has 114 valence electrons. The Morgan fingerprint density at radius 2 is 2.05 bits per heavy atom. The van der Waals surface area contributed by atoms with Gasteiger partial charge in [0.05, 0.1) is 6.10 Å². The molecule has 0 aromatic heterocycles. The molecule has 1 aliphatic rings. The molecule has 0 bridgehead atoms. The highest BCUT2D eigenvalue weighted by atomic mass is 32.2. The first kappa shape index (κ1) is 17.3. The molecule has 0 aromatic carbocycles. The van der Waals surface area contributed by atoms with Crippen LogP contribution >= 0.6 is 11.8 Å². The standard InChI is InChI=1S/C13H27NO3S2/c1-5-19(16,17)12-10-18-9-8-14(12)7-6-11(15)13(2,3)4/h11-12,15H,5-10H2,1-4H3. The summed E-state index contributed by atoms with van der Waals surface area (Å²) in [4.78, 5) is 2.03. The van der Waals surface area contributed by atoms with Crippen molar-refractivity contribution in [2.24, 2.45) is 5.41 Å². The molecular formula is C13H27NO3S2. The summed E-state index contributed by atoms with van der Waals surface area (Å²) in [5, 5.41) is 9.71. The number of aliphatic hydroxyl groups excluding tert-OH is 1. The lowest BCUT2D eigenvalue weighted by atomic mass is 9.87. The van der Waals surface area contributed by atoms with E-state index in [1.807, 2.05) is 25.7 Å². The number of aliphatic hydroxyl groups is 1. The zero-order chi connectivity index (χ0) is 14.7. The first-order chi connectivity index (χ1) is 8.68. The van der Waals surface area contributed by atoms with Gasteiger partial charge in [-0.1, -0.05) is 27.7 Å². The van der Waals surface area contributed by atoms with Crippen molar-refractivity contribution in [3.05, 3.63) is 0 Å². The summed E-state index contributed by atoms with van der Waals surface area (Å²) in [5.74, 6) is 1.82. The highest BCUT2D eigenvalue weighted by Gasteiger charge is 2.33. The van der Waals surface area contributed by atoms with Gasteiger partial charge in [-0.3, -0.25) is 4.90 Å². The molecule has 0 radical (unpaired) electrons. The Hall–Kier alpha value is 0.220. The van der Waals surface area contributed by atoms with Gasteiger partial charge in [-0.2, -0.15) is 11.8 Å². The third-order valence-electron chi connectivity index (χ3n) is 3.70. The second kappa shape index (κ2) is 6.78. The van der Waals surface area contributed by atoms with E-state index in [-0.39, 0.29) is 16.5 Å². The zero-order valence-corrected chi connectivity index (χ0v) is 14.1. The van der Waals surface area contributed by atoms with Crippen LogP contribution < -0.4 is 0 Å². The fourth-order valence-corrected chi connectivity index (χ4v) is 5.23. The second-order valence-electron chi connectivity index (χ2n) is 6.19. The molecular weight excluding hydrogens is 282 g/mol. The highest BCUT2D eigenvalue weighted by molar-refractivity contribution is 8.01. The number of thioether (sulfide) groups is 1. The maximum atomic E-state index is 12.1. The fourth-order valence-electron chi connectivity index (χ4n) is 2.12. The van der Waals surface area contributed by atoms with Crippen LogP contribution in [0.4, 0.5) is 0 Å². The summed E-state index contributed by atoms with van der Waals surface area (Å²) in [7, 11) is -3.03. The normalized spacial score (nSPS) is 24.4. The van der Waals surface area contributed by atoms with Crippen molar-refractivity contribution in [3.63, 3.8) is 0 Å². The van der Waals surface area contributed by atoms with Gasteiger partial charge in [-0.05, 0) is 11.8 Å². The van der Waals surface area contributed by atoms with Gasteiger partial charge in [0.15, 0.2) is 9.84 Å². The monoisotopic (exact) mass is 309 g/mol. The van der Waals surface area contributed by atoms with Crippen LogP contribution in [0.25, 0.3) is 0 Å². The van der Waals surface area contributed by atoms with Crippen LogP contribution in [0.2, 0.25) is 0 Å². The Kier molecular flexibility index (Phi) is 6.17. The molecule has 0 saturated carbocycles. The van der Waals surface area contributed by atoms with Gasteiger partial charge in [-0.25, -0.2) is 8.42 Å². The van der Waals surface area contributed by atoms with Crippen molar-refractivity contribution in [2.45, 2.75) is 45.6 Å². The van der Waals surface area contributed by atoms with E-state index in [4.69, 9.17) is 0 Å². The van der Waals surface area contributed by atoms with Crippen molar-refractivity contribution in [3.8, 4) is 0 Å².